The third kappa shape index (κ3) is 3.73. The fourth-order valence-electron chi connectivity index (χ4n) is 4.83. The largest absolute Gasteiger partial charge is 0.492 e. The highest BCUT2D eigenvalue weighted by atomic mass is 32.2. The molecule has 0 aliphatic carbocycles. The summed E-state index contributed by atoms with van der Waals surface area (Å²) < 4.78 is 46.4. The van der Waals surface area contributed by atoms with Crippen molar-refractivity contribution in [2.24, 2.45) is 0 Å². The number of likely N-dealkylation sites (N-methyl/N-ethyl adjacent to an activating group) is 1. The van der Waals surface area contributed by atoms with E-state index in [2.05, 4.69) is 21.9 Å². The van der Waals surface area contributed by atoms with Crippen molar-refractivity contribution in [3.8, 4) is 17.2 Å². The lowest BCUT2D eigenvalue weighted by Crippen LogP contribution is -2.48. The van der Waals surface area contributed by atoms with E-state index in [9.17, 15) is 8.42 Å². The number of hydrogen-bond acceptors (Lipinski definition) is 7. The number of nitrogens with zero attached hydrogens (tertiary/aromatic N) is 3. The Bertz CT molecular complexity index is 1100. The molecule has 0 spiro atoms. The Labute approximate surface area is 189 Å². The van der Waals surface area contributed by atoms with Gasteiger partial charge in [-0.05, 0) is 24.6 Å². The van der Waals surface area contributed by atoms with Gasteiger partial charge in [0.25, 0.3) is 0 Å². The molecular formula is C23H29N3O5S. The van der Waals surface area contributed by atoms with E-state index in [0.29, 0.717) is 56.4 Å². The monoisotopic (exact) mass is 459 g/mol. The zero-order valence-electron chi connectivity index (χ0n) is 18.5. The smallest absolute Gasteiger partial charge is 0.247 e. The molecule has 5 rings (SSSR count). The summed E-state index contributed by atoms with van der Waals surface area (Å²) in [5.74, 6) is 1.30. The molecule has 3 aliphatic rings. The van der Waals surface area contributed by atoms with Crippen LogP contribution >= 0.6 is 0 Å². The van der Waals surface area contributed by atoms with Gasteiger partial charge < -0.3 is 19.1 Å². The van der Waals surface area contributed by atoms with Gasteiger partial charge in [0.2, 0.25) is 22.6 Å². The molecule has 0 radical (unpaired) electrons. The van der Waals surface area contributed by atoms with E-state index in [0.717, 1.165) is 24.2 Å². The van der Waals surface area contributed by atoms with Gasteiger partial charge in [0.15, 0.2) is 11.5 Å². The quantitative estimate of drug-likeness (QED) is 0.677. The zero-order valence-corrected chi connectivity index (χ0v) is 19.4. The van der Waals surface area contributed by atoms with Crippen molar-refractivity contribution in [3.05, 3.63) is 47.0 Å². The molecule has 0 bridgehead atoms. The lowest BCUT2D eigenvalue weighted by atomic mass is 9.97. The van der Waals surface area contributed by atoms with E-state index >= 15 is 0 Å². The van der Waals surface area contributed by atoms with Crippen molar-refractivity contribution in [2.45, 2.75) is 24.4 Å². The third-order valence-corrected chi connectivity index (χ3v) is 8.48. The van der Waals surface area contributed by atoms with Crippen LogP contribution < -0.4 is 14.2 Å². The Balaban J connectivity index is 1.45. The standard InChI is InChI=1S/C23H29N3O5S/c1-24-9-8-18-19(15-24)20(29-2)21-22(31-16-30-21)23(18)32(27,28)26-12-10-25(11-13-26)14-17-6-4-3-5-7-17/h3-7H,8-16H2,1-2H3. The predicted octanol–water partition coefficient (Wildman–Crippen LogP) is 1.92. The van der Waals surface area contributed by atoms with Crippen molar-refractivity contribution in [1.29, 1.82) is 0 Å². The highest BCUT2D eigenvalue weighted by molar-refractivity contribution is 7.89. The molecule has 0 atom stereocenters. The number of ether oxygens (including phenoxy) is 3. The van der Waals surface area contributed by atoms with E-state index < -0.39 is 10.0 Å². The van der Waals surface area contributed by atoms with Crippen molar-refractivity contribution in [1.82, 2.24) is 14.1 Å². The lowest BCUT2D eigenvalue weighted by Gasteiger charge is -2.35. The number of fused-ring (bicyclic) bond motifs is 2. The molecule has 0 saturated carbocycles. The van der Waals surface area contributed by atoms with Gasteiger partial charge in [0, 0.05) is 51.4 Å². The zero-order chi connectivity index (χ0) is 22.3. The molecule has 2 aromatic carbocycles. The Morgan fingerprint density at radius 1 is 0.969 bits per heavy atom. The maximum atomic E-state index is 13.9. The van der Waals surface area contributed by atoms with Crippen LogP contribution in [-0.4, -0.2) is 76.2 Å². The fourth-order valence-corrected chi connectivity index (χ4v) is 6.66. The summed E-state index contributed by atoms with van der Waals surface area (Å²) in [7, 11) is -0.129. The average Bonchev–Trinajstić information content (AvgIpc) is 3.27. The van der Waals surface area contributed by atoms with Gasteiger partial charge >= 0.3 is 0 Å². The summed E-state index contributed by atoms with van der Waals surface area (Å²) in [4.78, 5) is 4.72. The van der Waals surface area contributed by atoms with Crippen LogP contribution in [0.1, 0.15) is 16.7 Å². The second-order valence-corrected chi connectivity index (χ2v) is 10.4. The second kappa shape index (κ2) is 8.55. The topological polar surface area (TPSA) is 71.6 Å². The Hall–Kier alpha value is -2.33. The van der Waals surface area contributed by atoms with Gasteiger partial charge in [0.1, 0.15) is 4.90 Å². The number of sulfonamides is 1. The maximum Gasteiger partial charge on any atom is 0.247 e. The van der Waals surface area contributed by atoms with Crippen molar-refractivity contribution < 1.29 is 22.6 Å². The molecule has 0 unspecified atom stereocenters. The summed E-state index contributed by atoms with van der Waals surface area (Å²) in [6.07, 6.45) is 0.626. The van der Waals surface area contributed by atoms with Gasteiger partial charge in [-0.15, -0.1) is 0 Å². The van der Waals surface area contributed by atoms with Crippen molar-refractivity contribution >= 4 is 10.0 Å². The minimum absolute atomic E-state index is 0.00218. The van der Waals surface area contributed by atoms with Crippen LogP contribution in [0.5, 0.6) is 17.2 Å². The number of benzene rings is 2. The summed E-state index contributed by atoms with van der Waals surface area (Å²) in [5.41, 5.74) is 2.92. The van der Waals surface area contributed by atoms with Gasteiger partial charge in [-0.2, -0.15) is 4.31 Å². The maximum absolute atomic E-state index is 13.9. The first-order valence-corrected chi connectivity index (χ1v) is 12.4. The van der Waals surface area contributed by atoms with Crippen LogP contribution in [0.3, 0.4) is 0 Å². The molecule has 3 heterocycles. The molecule has 0 amide bonds. The van der Waals surface area contributed by atoms with Gasteiger partial charge in [-0.25, -0.2) is 8.42 Å². The highest BCUT2D eigenvalue weighted by Gasteiger charge is 2.40. The Kier molecular flexibility index (Phi) is 5.75. The van der Waals surface area contributed by atoms with Crippen LogP contribution in [0.15, 0.2) is 35.2 Å². The van der Waals surface area contributed by atoms with E-state index in [4.69, 9.17) is 14.2 Å². The molecule has 0 N–H and O–H groups in total. The SMILES string of the molecule is COc1c2c(c(S(=O)(=O)N3CCN(Cc4ccccc4)CC3)c3c1OCO3)CCN(C)C2. The molecule has 2 aromatic rings. The van der Waals surface area contributed by atoms with Gasteiger partial charge in [-0.3, -0.25) is 4.90 Å². The molecule has 8 nitrogen and oxygen atoms in total. The van der Waals surface area contributed by atoms with Gasteiger partial charge in [-0.1, -0.05) is 30.3 Å². The Morgan fingerprint density at radius 2 is 1.69 bits per heavy atom. The number of rotatable bonds is 5. The first-order valence-electron chi connectivity index (χ1n) is 11.0. The van der Waals surface area contributed by atoms with Gasteiger partial charge in [0.05, 0.1) is 7.11 Å². The van der Waals surface area contributed by atoms with Crippen LogP contribution in [0, 0.1) is 0 Å². The molecule has 32 heavy (non-hydrogen) atoms. The fraction of sp³-hybridized carbons (Fsp3) is 0.478. The van der Waals surface area contributed by atoms with Crippen LogP contribution in [-0.2, 0) is 29.5 Å². The summed E-state index contributed by atoms with van der Waals surface area (Å²) in [6.45, 7) is 4.50. The van der Waals surface area contributed by atoms with E-state index in [-0.39, 0.29) is 11.7 Å². The molecule has 1 fully saturated rings. The van der Waals surface area contributed by atoms with Crippen LogP contribution in [0.4, 0.5) is 0 Å². The van der Waals surface area contributed by atoms with E-state index in [1.54, 1.807) is 11.4 Å². The van der Waals surface area contributed by atoms with E-state index in [1.807, 2.05) is 25.2 Å². The molecular weight excluding hydrogens is 430 g/mol. The predicted molar refractivity (Wildman–Crippen MR) is 120 cm³/mol. The first kappa shape index (κ1) is 21.5. The molecule has 172 valence electrons. The highest BCUT2D eigenvalue weighted by Crippen LogP contribution is 2.51. The Morgan fingerprint density at radius 3 is 2.41 bits per heavy atom. The number of hydrogen-bond donors (Lipinski definition) is 0. The van der Waals surface area contributed by atoms with Crippen molar-refractivity contribution in [2.75, 3.05) is 53.7 Å². The molecule has 1 saturated heterocycles. The van der Waals surface area contributed by atoms with Crippen molar-refractivity contribution in [3.63, 3.8) is 0 Å². The molecule has 3 aliphatic heterocycles. The summed E-state index contributed by atoms with van der Waals surface area (Å²) in [5, 5.41) is 0. The van der Waals surface area contributed by atoms with Crippen LogP contribution in [0.25, 0.3) is 0 Å². The summed E-state index contributed by atoms with van der Waals surface area (Å²) in [6, 6.07) is 10.3. The third-order valence-electron chi connectivity index (χ3n) is 6.49. The first-order chi connectivity index (χ1) is 15.5. The number of methoxy groups -OCH3 is 1. The minimum atomic E-state index is -3.74. The van der Waals surface area contributed by atoms with E-state index in [1.165, 1.54) is 5.56 Å². The molecule has 9 heteroatoms. The minimum Gasteiger partial charge on any atom is -0.492 e. The van der Waals surface area contributed by atoms with Crippen LogP contribution in [0.2, 0.25) is 0 Å². The second-order valence-electron chi connectivity index (χ2n) is 8.54. The average molecular weight is 460 g/mol. The number of piperazine rings is 1. The lowest BCUT2D eigenvalue weighted by molar-refractivity contribution is 0.168. The molecule has 0 aromatic heterocycles. The summed E-state index contributed by atoms with van der Waals surface area (Å²) >= 11 is 0. The normalized spacial score (nSPS) is 19.7.